The van der Waals surface area contributed by atoms with Crippen LogP contribution in [0.25, 0.3) is 0 Å². The Balaban J connectivity index is -0.000000407. The van der Waals surface area contributed by atoms with Crippen LogP contribution in [0.3, 0.4) is 0 Å². The molecule has 162 valence electrons. The van der Waals surface area contributed by atoms with Crippen LogP contribution < -0.4 is 4.74 Å². The molecule has 0 unspecified atom stereocenters. The normalized spacial score (nSPS) is 9.66. The summed E-state index contributed by atoms with van der Waals surface area (Å²) in [6.07, 6.45) is 0. The molecule has 0 aromatic heterocycles. The van der Waals surface area contributed by atoms with Gasteiger partial charge in [-0.25, -0.2) is 0 Å². The Hall–Kier alpha value is -1.09. The summed E-state index contributed by atoms with van der Waals surface area (Å²) in [5, 5.41) is 0. The van der Waals surface area contributed by atoms with Crippen LogP contribution in [0, 0.1) is 20.0 Å². The maximum atomic E-state index is 7.50. The van der Waals surface area contributed by atoms with Gasteiger partial charge >= 0.3 is 33.9 Å². The van der Waals surface area contributed by atoms with Gasteiger partial charge in [-0.15, -0.1) is 0 Å². The fraction of sp³-hybridized carbons (Fsp3) is 0.571. The molecular weight excluding hydrogens is 428 g/mol. The van der Waals surface area contributed by atoms with Gasteiger partial charge < -0.3 is 13.9 Å². The van der Waals surface area contributed by atoms with Crippen molar-refractivity contribution >= 4 is 8.32 Å². The van der Waals surface area contributed by atoms with Crippen molar-refractivity contribution in [3.05, 3.63) is 49.8 Å². The summed E-state index contributed by atoms with van der Waals surface area (Å²) in [5.41, 5.74) is 3.02. The molecule has 1 rings (SSSR count). The van der Waals surface area contributed by atoms with E-state index in [9.17, 15) is 0 Å². The Bertz CT molecular complexity index is 516. The standard InChI is InChI=1S/C18H32O3Si.3CO.Cr/c1-14(2)22(15(3)4,16(5)6)21-12-17-8-10-18(11-9-17)20-13-19-7;3*1-2;/h8-11,14-16H,12-13H2,1-7H3;;;;. The molecule has 6 nitrogen and oxygen atoms in total. The molecule has 0 bridgehead atoms. The Kier molecular flexibility index (Phi) is 26.3. The van der Waals surface area contributed by atoms with E-state index in [2.05, 4.69) is 73.6 Å². The van der Waals surface area contributed by atoms with Crippen molar-refractivity contribution < 1.29 is 45.2 Å². The summed E-state index contributed by atoms with van der Waals surface area (Å²) >= 11 is 0. The third-order valence-electron chi connectivity index (χ3n) is 4.46. The molecule has 0 atom stereocenters. The SMILES string of the molecule is COCOc1ccc(CO[Si](C(C)C)(C(C)C)C(C)C)cc1.[C-]#[O+].[C-]#[O+].[C-]#[O+].[Cr]. The second-order valence-corrected chi connectivity index (χ2v) is 12.3. The van der Waals surface area contributed by atoms with Gasteiger partial charge in [-0.05, 0) is 34.3 Å². The first kappa shape index (κ1) is 35.4. The van der Waals surface area contributed by atoms with Gasteiger partial charge in [0.2, 0.25) is 8.32 Å². The number of hydrogen-bond acceptors (Lipinski definition) is 3. The van der Waals surface area contributed by atoms with Crippen LogP contribution in [-0.4, -0.2) is 22.2 Å². The van der Waals surface area contributed by atoms with Gasteiger partial charge in [0, 0.05) is 24.5 Å². The molecule has 1 aromatic rings. The molecule has 0 aliphatic heterocycles. The first-order valence-corrected chi connectivity index (χ1v) is 10.9. The van der Waals surface area contributed by atoms with Gasteiger partial charge in [-0.1, -0.05) is 53.7 Å². The van der Waals surface area contributed by atoms with Crippen LogP contribution in [0.2, 0.25) is 16.6 Å². The molecule has 0 saturated heterocycles. The Morgan fingerprint density at radius 1 is 0.793 bits per heavy atom. The van der Waals surface area contributed by atoms with Crippen molar-refractivity contribution in [1.29, 1.82) is 0 Å². The predicted molar refractivity (Wildman–Crippen MR) is 107 cm³/mol. The van der Waals surface area contributed by atoms with Gasteiger partial charge in [0.15, 0.2) is 6.79 Å². The van der Waals surface area contributed by atoms with Crippen LogP contribution in [0.5, 0.6) is 5.75 Å². The van der Waals surface area contributed by atoms with E-state index in [1.807, 2.05) is 12.1 Å². The smallest absolute Gasteiger partial charge is 0 e. The van der Waals surface area contributed by atoms with Gasteiger partial charge in [0.1, 0.15) is 5.75 Å². The molecule has 0 radical (unpaired) electrons. The van der Waals surface area contributed by atoms with Crippen LogP contribution >= 0.6 is 0 Å². The molecule has 0 spiro atoms. The van der Waals surface area contributed by atoms with Crippen molar-refractivity contribution in [2.75, 3.05) is 13.9 Å². The average Bonchev–Trinajstić information content (AvgIpc) is 2.71. The number of benzene rings is 1. The zero-order valence-corrected chi connectivity index (χ0v) is 20.6. The Labute approximate surface area is 187 Å². The molecule has 29 heavy (non-hydrogen) atoms. The Morgan fingerprint density at radius 2 is 1.17 bits per heavy atom. The van der Waals surface area contributed by atoms with Gasteiger partial charge in [-0.2, -0.15) is 0 Å². The van der Waals surface area contributed by atoms with Gasteiger partial charge in [0.25, 0.3) is 0 Å². The zero-order chi connectivity index (χ0) is 22.8. The van der Waals surface area contributed by atoms with E-state index in [-0.39, 0.29) is 24.2 Å². The summed E-state index contributed by atoms with van der Waals surface area (Å²) in [5.74, 6) is 0.825. The van der Waals surface area contributed by atoms with E-state index in [1.165, 1.54) is 5.56 Å². The molecule has 0 fully saturated rings. The van der Waals surface area contributed by atoms with Crippen molar-refractivity contribution in [3.8, 4) is 5.75 Å². The van der Waals surface area contributed by atoms with Crippen molar-refractivity contribution in [2.45, 2.75) is 64.8 Å². The van der Waals surface area contributed by atoms with Gasteiger partial charge in [0.05, 0.1) is 6.61 Å². The summed E-state index contributed by atoms with van der Waals surface area (Å²) in [6, 6.07) is 8.10. The number of rotatable bonds is 9. The second-order valence-electron chi connectivity index (χ2n) is 6.80. The van der Waals surface area contributed by atoms with E-state index >= 15 is 0 Å². The van der Waals surface area contributed by atoms with Crippen LogP contribution in [0.15, 0.2) is 24.3 Å². The third-order valence-corrected chi connectivity index (χ3v) is 10.5. The van der Waals surface area contributed by atoms with Crippen LogP contribution in [0.4, 0.5) is 0 Å². The Morgan fingerprint density at radius 3 is 1.48 bits per heavy atom. The quantitative estimate of drug-likeness (QED) is 0.218. The molecule has 0 N–H and O–H groups in total. The maximum absolute atomic E-state index is 7.50. The summed E-state index contributed by atoms with van der Waals surface area (Å²) in [6.45, 7) is 28.3. The molecule has 1 aromatic carbocycles. The first-order chi connectivity index (χ1) is 13.3. The minimum atomic E-state index is -1.80. The fourth-order valence-corrected chi connectivity index (χ4v) is 8.93. The topological polar surface area (TPSA) is 87.4 Å². The first-order valence-electron chi connectivity index (χ1n) is 8.80. The molecule has 0 saturated carbocycles. The number of ether oxygens (including phenoxy) is 2. The average molecular weight is 461 g/mol. The largest absolute Gasteiger partial charge is 0 e. The van der Waals surface area contributed by atoms with E-state index in [4.69, 9.17) is 27.9 Å². The van der Waals surface area contributed by atoms with Crippen LogP contribution in [-0.2, 0) is 47.1 Å². The van der Waals surface area contributed by atoms with Gasteiger partial charge in [-0.3, -0.25) is 0 Å². The minimum absolute atomic E-state index is 0. The summed E-state index contributed by atoms with van der Waals surface area (Å²) in [7, 11) is -0.175. The van der Waals surface area contributed by atoms with Crippen LogP contribution in [0.1, 0.15) is 47.1 Å². The minimum Gasteiger partial charge on any atom is 0 e. The monoisotopic (exact) mass is 460 g/mol. The third kappa shape index (κ3) is 12.3. The van der Waals surface area contributed by atoms with Crippen molar-refractivity contribution in [1.82, 2.24) is 0 Å². The molecule has 8 heteroatoms. The van der Waals surface area contributed by atoms with Crippen molar-refractivity contribution in [2.24, 2.45) is 0 Å². The summed E-state index contributed by atoms with van der Waals surface area (Å²) < 4.78 is 39.4. The number of methoxy groups -OCH3 is 1. The van der Waals surface area contributed by atoms with Crippen molar-refractivity contribution in [3.63, 3.8) is 0 Å². The summed E-state index contributed by atoms with van der Waals surface area (Å²) in [4.78, 5) is 0. The molecule has 0 aliphatic rings. The zero-order valence-electron chi connectivity index (χ0n) is 18.3. The fourth-order valence-electron chi connectivity index (χ4n) is 3.52. The molecule has 0 aliphatic carbocycles. The predicted octanol–water partition coefficient (Wildman–Crippen LogP) is 5.25. The number of hydrogen-bond donors (Lipinski definition) is 0. The van der Waals surface area contributed by atoms with E-state index in [1.54, 1.807) is 7.11 Å². The molecule has 0 amide bonds. The van der Waals surface area contributed by atoms with E-state index in [0.29, 0.717) is 23.2 Å². The second kappa shape index (κ2) is 21.6. The maximum Gasteiger partial charge on any atom is 0 e. The molecular formula is C21H32CrO6Si. The molecule has 0 heterocycles. The van der Waals surface area contributed by atoms with E-state index in [0.717, 1.165) is 5.75 Å². The van der Waals surface area contributed by atoms with E-state index < -0.39 is 8.32 Å².